The van der Waals surface area contributed by atoms with E-state index in [1.54, 1.807) is 11.3 Å². The Bertz CT molecular complexity index is 414. The lowest BCUT2D eigenvalue weighted by Gasteiger charge is -2.35. The van der Waals surface area contributed by atoms with Gasteiger partial charge in [0.1, 0.15) is 0 Å². The number of carbonyl (C=O) groups is 1. The van der Waals surface area contributed by atoms with Crippen LogP contribution in [0.5, 0.6) is 0 Å². The molecule has 0 aliphatic carbocycles. The second-order valence-electron chi connectivity index (χ2n) is 4.58. The second kappa shape index (κ2) is 6.04. The summed E-state index contributed by atoms with van der Waals surface area (Å²) in [5.41, 5.74) is 1.12. The zero-order chi connectivity index (χ0) is 13.1. The molecule has 2 atom stereocenters. The number of ether oxygens (including phenoxy) is 1. The molecule has 0 spiro atoms. The number of amides is 2. The Hall–Kier alpha value is -0.590. The summed E-state index contributed by atoms with van der Waals surface area (Å²) in [6.45, 7) is 5.87. The third-order valence-corrected chi connectivity index (χ3v) is 4.33. The fourth-order valence-corrected chi connectivity index (χ4v) is 3.28. The summed E-state index contributed by atoms with van der Waals surface area (Å²) in [6, 6.07) is 2.01. The van der Waals surface area contributed by atoms with E-state index in [1.807, 2.05) is 30.2 Å². The fraction of sp³-hybridized carbons (Fsp3) is 0.583. The predicted octanol–water partition coefficient (Wildman–Crippen LogP) is 2.83. The molecule has 2 amide bonds. The van der Waals surface area contributed by atoms with E-state index in [9.17, 15) is 4.79 Å². The van der Waals surface area contributed by atoms with Crippen molar-refractivity contribution in [1.29, 1.82) is 0 Å². The zero-order valence-electron chi connectivity index (χ0n) is 10.5. The summed E-state index contributed by atoms with van der Waals surface area (Å²) >= 11 is 5.03. The van der Waals surface area contributed by atoms with Crippen LogP contribution >= 0.6 is 27.3 Å². The van der Waals surface area contributed by atoms with Crippen LogP contribution in [0.1, 0.15) is 19.4 Å². The molecule has 0 radical (unpaired) electrons. The molecule has 6 heteroatoms. The minimum atomic E-state index is -0.0145. The van der Waals surface area contributed by atoms with Crippen molar-refractivity contribution < 1.29 is 9.53 Å². The molecule has 1 aliphatic heterocycles. The van der Waals surface area contributed by atoms with Crippen LogP contribution in [-0.4, -0.2) is 36.2 Å². The Morgan fingerprint density at radius 1 is 1.56 bits per heavy atom. The minimum Gasteiger partial charge on any atom is -0.372 e. The van der Waals surface area contributed by atoms with Crippen molar-refractivity contribution in [2.24, 2.45) is 0 Å². The number of hydrogen-bond acceptors (Lipinski definition) is 3. The molecule has 1 aromatic heterocycles. The van der Waals surface area contributed by atoms with E-state index in [2.05, 4.69) is 21.2 Å². The van der Waals surface area contributed by atoms with Crippen molar-refractivity contribution in [2.75, 3.05) is 13.1 Å². The smallest absolute Gasteiger partial charge is 0.317 e. The van der Waals surface area contributed by atoms with Crippen molar-refractivity contribution in [1.82, 2.24) is 10.2 Å². The monoisotopic (exact) mass is 332 g/mol. The summed E-state index contributed by atoms with van der Waals surface area (Å²) in [5, 5.41) is 4.98. The van der Waals surface area contributed by atoms with Gasteiger partial charge in [-0.2, -0.15) is 0 Å². The standard InChI is InChI=1S/C12H17BrN2O2S/c1-8-5-15(6-9(2)17-8)12(16)14-4-10-3-11(13)18-7-10/h3,7-9H,4-6H2,1-2H3,(H,14,16)/t8-,9-/m0/s1. The molecule has 1 fully saturated rings. The molecular formula is C12H17BrN2O2S. The molecule has 18 heavy (non-hydrogen) atoms. The summed E-state index contributed by atoms with van der Waals surface area (Å²) in [7, 11) is 0. The Labute approximate surface area is 119 Å². The van der Waals surface area contributed by atoms with Crippen LogP contribution in [0.15, 0.2) is 15.2 Å². The van der Waals surface area contributed by atoms with Crippen molar-refractivity contribution in [3.8, 4) is 0 Å². The van der Waals surface area contributed by atoms with Gasteiger partial charge < -0.3 is 15.0 Å². The number of halogens is 1. The molecule has 2 heterocycles. The molecular weight excluding hydrogens is 316 g/mol. The number of morpholine rings is 1. The van der Waals surface area contributed by atoms with Gasteiger partial charge in [0.15, 0.2) is 0 Å². The molecule has 0 saturated carbocycles. The van der Waals surface area contributed by atoms with Crippen LogP contribution in [0.2, 0.25) is 0 Å². The van der Waals surface area contributed by atoms with E-state index in [-0.39, 0.29) is 18.2 Å². The van der Waals surface area contributed by atoms with Gasteiger partial charge >= 0.3 is 6.03 Å². The van der Waals surface area contributed by atoms with Gasteiger partial charge in [0, 0.05) is 19.6 Å². The number of nitrogens with zero attached hydrogens (tertiary/aromatic N) is 1. The number of urea groups is 1. The lowest BCUT2D eigenvalue weighted by Crippen LogP contribution is -2.51. The first-order valence-corrected chi connectivity index (χ1v) is 7.63. The summed E-state index contributed by atoms with van der Waals surface area (Å²) in [6.07, 6.45) is 0.213. The van der Waals surface area contributed by atoms with Gasteiger partial charge in [-0.1, -0.05) is 0 Å². The van der Waals surface area contributed by atoms with Crippen LogP contribution in [0.25, 0.3) is 0 Å². The number of hydrogen-bond donors (Lipinski definition) is 1. The van der Waals surface area contributed by atoms with E-state index in [4.69, 9.17) is 4.74 Å². The molecule has 1 aliphatic rings. The van der Waals surface area contributed by atoms with Crippen molar-refractivity contribution in [3.63, 3.8) is 0 Å². The molecule has 0 aromatic carbocycles. The molecule has 2 rings (SSSR count). The van der Waals surface area contributed by atoms with Gasteiger partial charge in [0.25, 0.3) is 0 Å². The molecule has 0 bridgehead atoms. The number of rotatable bonds is 2. The highest BCUT2D eigenvalue weighted by molar-refractivity contribution is 9.11. The van der Waals surface area contributed by atoms with Gasteiger partial charge in [-0.05, 0) is 46.8 Å². The predicted molar refractivity (Wildman–Crippen MR) is 75.8 cm³/mol. The highest BCUT2D eigenvalue weighted by Gasteiger charge is 2.25. The Morgan fingerprint density at radius 2 is 2.22 bits per heavy atom. The van der Waals surface area contributed by atoms with Crippen LogP contribution in [0, 0.1) is 0 Å². The van der Waals surface area contributed by atoms with E-state index in [0.29, 0.717) is 19.6 Å². The summed E-state index contributed by atoms with van der Waals surface area (Å²) in [4.78, 5) is 13.8. The van der Waals surface area contributed by atoms with E-state index < -0.39 is 0 Å². The van der Waals surface area contributed by atoms with Crippen LogP contribution in [0.3, 0.4) is 0 Å². The number of thiophene rings is 1. The molecule has 100 valence electrons. The average Bonchev–Trinajstić information content (AvgIpc) is 2.70. The second-order valence-corrected chi connectivity index (χ2v) is 6.87. The lowest BCUT2D eigenvalue weighted by atomic mass is 10.2. The summed E-state index contributed by atoms with van der Waals surface area (Å²) in [5.74, 6) is 0. The van der Waals surface area contributed by atoms with Crippen LogP contribution in [0.4, 0.5) is 4.79 Å². The van der Waals surface area contributed by atoms with Gasteiger partial charge in [-0.3, -0.25) is 0 Å². The Morgan fingerprint density at radius 3 is 2.78 bits per heavy atom. The van der Waals surface area contributed by atoms with Crippen LogP contribution < -0.4 is 5.32 Å². The average molecular weight is 333 g/mol. The lowest BCUT2D eigenvalue weighted by molar-refractivity contribution is -0.0545. The summed E-state index contributed by atoms with van der Waals surface area (Å²) < 4.78 is 6.69. The maximum Gasteiger partial charge on any atom is 0.317 e. The number of carbonyl (C=O) groups excluding carboxylic acids is 1. The van der Waals surface area contributed by atoms with Crippen molar-refractivity contribution >= 4 is 33.3 Å². The van der Waals surface area contributed by atoms with E-state index in [1.165, 1.54) is 0 Å². The zero-order valence-corrected chi connectivity index (χ0v) is 12.9. The van der Waals surface area contributed by atoms with Gasteiger partial charge in [-0.15, -0.1) is 11.3 Å². The Balaban J connectivity index is 1.84. The molecule has 4 nitrogen and oxygen atoms in total. The third-order valence-electron chi connectivity index (χ3n) is 2.77. The minimum absolute atomic E-state index is 0.0145. The van der Waals surface area contributed by atoms with Gasteiger partial charge in [-0.25, -0.2) is 4.79 Å². The van der Waals surface area contributed by atoms with Gasteiger partial charge in [0.05, 0.1) is 16.0 Å². The molecule has 0 unspecified atom stereocenters. The topological polar surface area (TPSA) is 41.6 Å². The molecule has 1 N–H and O–H groups in total. The van der Waals surface area contributed by atoms with E-state index in [0.717, 1.165) is 9.35 Å². The Kier molecular flexibility index (Phi) is 4.64. The van der Waals surface area contributed by atoms with E-state index >= 15 is 0 Å². The molecule has 1 aromatic rings. The maximum atomic E-state index is 12.0. The first kappa shape index (κ1) is 13.8. The van der Waals surface area contributed by atoms with Crippen molar-refractivity contribution in [2.45, 2.75) is 32.6 Å². The SMILES string of the molecule is C[C@H]1CN(C(=O)NCc2csc(Br)c2)C[C@H](C)O1. The normalized spacial score (nSPS) is 24.1. The molecule has 1 saturated heterocycles. The van der Waals surface area contributed by atoms with Gasteiger partial charge in [0.2, 0.25) is 0 Å². The highest BCUT2D eigenvalue weighted by atomic mass is 79.9. The van der Waals surface area contributed by atoms with Crippen LogP contribution in [-0.2, 0) is 11.3 Å². The fourth-order valence-electron chi connectivity index (χ4n) is 2.07. The highest BCUT2D eigenvalue weighted by Crippen LogP contribution is 2.20. The quantitative estimate of drug-likeness (QED) is 0.904. The largest absolute Gasteiger partial charge is 0.372 e. The maximum absolute atomic E-state index is 12.0. The first-order valence-electron chi connectivity index (χ1n) is 5.95. The number of nitrogens with one attached hydrogen (secondary N) is 1. The first-order chi connectivity index (χ1) is 8.54. The third kappa shape index (κ3) is 3.70. The van der Waals surface area contributed by atoms with Crippen molar-refractivity contribution in [3.05, 3.63) is 20.8 Å².